The largest absolute Gasteiger partial charge is 0.416 e. The fraction of sp³-hybridized carbons (Fsp3) is 0.538. The summed E-state index contributed by atoms with van der Waals surface area (Å²) in [5.74, 6) is 0.0190. The summed E-state index contributed by atoms with van der Waals surface area (Å²) in [5.41, 5.74) is 0.555. The second-order valence-electron chi connectivity index (χ2n) is 4.86. The van der Waals surface area contributed by atoms with Crippen LogP contribution in [0.15, 0.2) is 18.2 Å². The molecule has 0 bridgehead atoms. The van der Waals surface area contributed by atoms with Crippen LogP contribution in [0.3, 0.4) is 0 Å². The zero-order chi connectivity index (χ0) is 13.3. The lowest BCUT2D eigenvalue weighted by molar-refractivity contribution is -0.138. The first-order valence-corrected chi connectivity index (χ1v) is 5.98. The highest BCUT2D eigenvalue weighted by atomic mass is 19.4. The molecule has 5 heteroatoms. The molecule has 1 aliphatic carbocycles. The standard InChI is InChI=1S/C13H16F3NO/c1-17(18)8-9-5-6-12(13(14,15)16)11(7-9)10-3-2-4-10/h5-7,10,18H,2-4,8H2,1H3. The fourth-order valence-corrected chi connectivity index (χ4v) is 2.29. The van der Waals surface area contributed by atoms with Crippen molar-refractivity contribution in [3.8, 4) is 0 Å². The van der Waals surface area contributed by atoms with E-state index in [0.717, 1.165) is 30.4 Å². The second kappa shape index (κ2) is 4.90. The summed E-state index contributed by atoms with van der Waals surface area (Å²) in [6.07, 6.45) is -1.66. The van der Waals surface area contributed by atoms with Gasteiger partial charge in [0.2, 0.25) is 0 Å². The molecule has 1 aliphatic rings. The van der Waals surface area contributed by atoms with E-state index >= 15 is 0 Å². The van der Waals surface area contributed by atoms with Crippen LogP contribution in [-0.4, -0.2) is 17.3 Å². The molecular weight excluding hydrogens is 243 g/mol. The van der Waals surface area contributed by atoms with Gasteiger partial charge in [-0.15, -0.1) is 0 Å². The van der Waals surface area contributed by atoms with Crippen LogP contribution in [0.4, 0.5) is 13.2 Å². The molecule has 0 atom stereocenters. The highest BCUT2D eigenvalue weighted by molar-refractivity contribution is 5.37. The van der Waals surface area contributed by atoms with Crippen LogP contribution in [0.1, 0.15) is 41.9 Å². The van der Waals surface area contributed by atoms with Crippen LogP contribution in [0, 0.1) is 0 Å². The van der Waals surface area contributed by atoms with Crippen molar-refractivity contribution in [2.75, 3.05) is 7.05 Å². The molecule has 0 aromatic heterocycles. The minimum atomic E-state index is -4.30. The number of rotatable bonds is 3. The van der Waals surface area contributed by atoms with Gasteiger partial charge in [-0.2, -0.15) is 18.2 Å². The molecule has 0 radical (unpaired) electrons. The van der Waals surface area contributed by atoms with Crippen LogP contribution in [0.25, 0.3) is 0 Å². The third kappa shape index (κ3) is 2.84. The molecule has 1 N–H and O–H groups in total. The number of halogens is 3. The molecule has 2 nitrogen and oxygen atoms in total. The van der Waals surface area contributed by atoms with Gasteiger partial charge in [0, 0.05) is 13.6 Å². The molecule has 0 unspecified atom stereocenters. The minimum absolute atomic E-state index is 0.0190. The molecule has 18 heavy (non-hydrogen) atoms. The van der Waals surface area contributed by atoms with Gasteiger partial charge in [0.1, 0.15) is 0 Å². The Hall–Kier alpha value is -1.07. The van der Waals surface area contributed by atoms with Crippen LogP contribution < -0.4 is 0 Å². The quantitative estimate of drug-likeness (QED) is 0.835. The Bertz CT molecular complexity index is 425. The van der Waals surface area contributed by atoms with Gasteiger partial charge in [-0.25, -0.2) is 0 Å². The van der Waals surface area contributed by atoms with Crippen molar-refractivity contribution < 1.29 is 18.4 Å². The molecule has 0 amide bonds. The summed E-state index contributed by atoms with van der Waals surface area (Å²) in [7, 11) is 1.47. The van der Waals surface area contributed by atoms with E-state index < -0.39 is 11.7 Å². The molecule has 0 spiro atoms. The Morgan fingerprint density at radius 2 is 2.00 bits per heavy atom. The van der Waals surface area contributed by atoms with E-state index in [9.17, 15) is 13.2 Å². The highest BCUT2D eigenvalue weighted by Crippen LogP contribution is 2.43. The lowest BCUT2D eigenvalue weighted by Gasteiger charge is -2.29. The summed E-state index contributed by atoms with van der Waals surface area (Å²) in [5, 5.41) is 10.1. The third-order valence-corrected chi connectivity index (χ3v) is 3.38. The Kier molecular flexibility index (Phi) is 3.64. The second-order valence-corrected chi connectivity index (χ2v) is 4.86. The monoisotopic (exact) mass is 259 g/mol. The first-order valence-electron chi connectivity index (χ1n) is 5.98. The molecule has 2 rings (SSSR count). The fourth-order valence-electron chi connectivity index (χ4n) is 2.29. The average molecular weight is 259 g/mol. The normalized spacial score (nSPS) is 17.0. The number of nitrogens with zero attached hydrogens (tertiary/aromatic N) is 1. The van der Waals surface area contributed by atoms with Gasteiger partial charge >= 0.3 is 6.18 Å². The summed E-state index contributed by atoms with van der Waals surface area (Å²) >= 11 is 0. The maximum atomic E-state index is 12.9. The summed E-state index contributed by atoms with van der Waals surface area (Å²) in [6.45, 7) is 0.234. The van der Waals surface area contributed by atoms with Gasteiger partial charge in [-0.1, -0.05) is 18.6 Å². The molecule has 0 heterocycles. The Morgan fingerprint density at radius 1 is 1.33 bits per heavy atom. The van der Waals surface area contributed by atoms with E-state index in [1.54, 1.807) is 6.07 Å². The SMILES string of the molecule is CN(O)Cc1ccc(C(F)(F)F)c(C2CCC2)c1. The van der Waals surface area contributed by atoms with Gasteiger partial charge in [0.05, 0.1) is 5.56 Å². The zero-order valence-electron chi connectivity index (χ0n) is 10.2. The van der Waals surface area contributed by atoms with Gasteiger partial charge < -0.3 is 5.21 Å². The maximum absolute atomic E-state index is 12.9. The van der Waals surface area contributed by atoms with Crippen molar-refractivity contribution in [3.05, 3.63) is 34.9 Å². The van der Waals surface area contributed by atoms with Crippen molar-refractivity contribution in [2.24, 2.45) is 0 Å². The molecule has 1 fully saturated rings. The van der Waals surface area contributed by atoms with E-state index in [1.165, 1.54) is 13.1 Å². The van der Waals surface area contributed by atoms with Crippen LogP contribution >= 0.6 is 0 Å². The van der Waals surface area contributed by atoms with Crippen molar-refractivity contribution >= 4 is 0 Å². The average Bonchev–Trinajstić information content (AvgIpc) is 2.11. The van der Waals surface area contributed by atoms with E-state index in [0.29, 0.717) is 11.1 Å². The molecular formula is C13H16F3NO. The lowest BCUT2D eigenvalue weighted by Crippen LogP contribution is -2.18. The van der Waals surface area contributed by atoms with Crippen LogP contribution in [0.5, 0.6) is 0 Å². The number of benzene rings is 1. The van der Waals surface area contributed by atoms with E-state index in [2.05, 4.69) is 0 Å². The topological polar surface area (TPSA) is 23.5 Å². The summed E-state index contributed by atoms with van der Waals surface area (Å²) in [6, 6.07) is 4.14. The number of alkyl halides is 3. The molecule has 0 aliphatic heterocycles. The van der Waals surface area contributed by atoms with Crippen molar-refractivity contribution in [1.29, 1.82) is 0 Å². The zero-order valence-corrected chi connectivity index (χ0v) is 10.2. The van der Waals surface area contributed by atoms with Crippen LogP contribution in [-0.2, 0) is 12.7 Å². The summed E-state index contributed by atoms with van der Waals surface area (Å²) in [4.78, 5) is 0. The smallest absolute Gasteiger partial charge is 0.314 e. The molecule has 1 saturated carbocycles. The Balaban J connectivity index is 2.35. The van der Waals surface area contributed by atoms with Crippen LogP contribution in [0.2, 0.25) is 0 Å². The van der Waals surface area contributed by atoms with Gasteiger partial charge in [-0.3, -0.25) is 0 Å². The number of hydrogen-bond donors (Lipinski definition) is 1. The maximum Gasteiger partial charge on any atom is 0.416 e. The predicted molar refractivity (Wildman–Crippen MR) is 61.3 cm³/mol. The Labute approximate surface area is 104 Å². The first kappa shape index (κ1) is 13.4. The van der Waals surface area contributed by atoms with E-state index in [1.807, 2.05) is 0 Å². The molecule has 0 saturated heterocycles. The van der Waals surface area contributed by atoms with Gasteiger partial charge in [0.25, 0.3) is 0 Å². The van der Waals surface area contributed by atoms with Gasteiger partial charge in [-0.05, 0) is 36.0 Å². The molecule has 1 aromatic carbocycles. The molecule has 1 aromatic rings. The van der Waals surface area contributed by atoms with E-state index in [-0.39, 0.29) is 12.5 Å². The van der Waals surface area contributed by atoms with Crippen molar-refractivity contribution in [3.63, 3.8) is 0 Å². The van der Waals surface area contributed by atoms with Crippen molar-refractivity contribution in [1.82, 2.24) is 5.06 Å². The van der Waals surface area contributed by atoms with E-state index in [4.69, 9.17) is 5.21 Å². The summed E-state index contributed by atoms with van der Waals surface area (Å²) < 4.78 is 38.7. The predicted octanol–water partition coefficient (Wildman–Crippen LogP) is 3.79. The Morgan fingerprint density at radius 3 is 2.44 bits per heavy atom. The minimum Gasteiger partial charge on any atom is -0.314 e. The number of hydrogen-bond acceptors (Lipinski definition) is 2. The third-order valence-electron chi connectivity index (χ3n) is 3.38. The first-order chi connectivity index (χ1) is 8.38. The van der Waals surface area contributed by atoms with Gasteiger partial charge in [0.15, 0.2) is 0 Å². The highest BCUT2D eigenvalue weighted by Gasteiger charge is 2.36. The molecule has 100 valence electrons. The number of hydroxylamine groups is 2. The lowest BCUT2D eigenvalue weighted by atomic mass is 9.77. The van der Waals surface area contributed by atoms with Crippen molar-refractivity contribution in [2.45, 2.75) is 37.9 Å².